The lowest BCUT2D eigenvalue weighted by atomic mass is 10.2. The highest BCUT2D eigenvalue weighted by Crippen LogP contribution is 2.52. The van der Waals surface area contributed by atoms with Crippen molar-refractivity contribution in [3.63, 3.8) is 0 Å². The van der Waals surface area contributed by atoms with Crippen LogP contribution in [-0.2, 0) is 14.4 Å². The van der Waals surface area contributed by atoms with Gasteiger partial charge < -0.3 is 10.4 Å². The van der Waals surface area contributed by atoms with Crippen molar-refractivity contribution in [1.82, 2.24) is 0 Å². The second kappa shape index (κ2) is 6.31. The monoisotopic (exact) mass is 327 g/mol. The molecule has 8 heteroatoms. The van der Waals surface area contributed by atoms with Crippen LogP contribution in [0.25, 0.3) is 0 Å². The molecule has 0 unspecified atom stereocenters. The molecule has 1 saturated heterocycles. The number of ketones is 1. The van der Waals surface area contributed by atoms with E-state index in [1.54, 1.807) is 0 Å². The number of carbonyl (C=O) groups excluding carboxylic acids is 2. The highest BCUT2D eigenvalue weighted by Gasteiger charge is 2.37. The minimum Gasteiger partial charge on any atom is -0.480 e. The predicted molar refractivity (Wildman–Crippen MR) is 79.3 cm³/mol. The summed E-state index contributed by atoms with van der Waals surface area (Å²) in [5.74, 6) is -2.67. The summed E-state index contributed by atoms with van der Waals surface area (Å²) >= 11 is 1.90. The minimum absolute atomic E-state index is 0.105. The van der Waals surface area contributed by atoms with Crippen molar-refractivity contribution in [1.29, 1.82) is 0 Å². The van der Waals surface area contributed by atoms with E-state index in [-0.39, 0.29) is 11.3 Å². The number of hydrogen-bond donors (Lipinski definition) is 2. The van der Waals surface area contributed by atoms with Gasteiger partial charge >= 0.3 is 5.97 Å². The molecule has 0 aromatic heterocycles. The molecule has 1 aromatic rings. The maximum atomic E-state index is 13.0. The molecule has 0 bridgehead atoms. The summed E-state index contributed by atoms with van der Waals surface area (Å²) in [6, 6.07) is 5.28. The number of anilines is 1. The first kappa shape index (κ1) is 15.6. The fourth-order valence-electron chi connectivity index (χ4n) is 1.58. The molecule has 0 atom stereocenters. The summed E-state index contributed by atoms with van der Waals surface area (Å²) in [7, 11) is 0. The Labute approximate surface area is 128 Å². The zero-order valence-corrected chi connectivity index (χ0v) is 12.4. The lowest BCUT2D eigenvalue weighted by Crippen LogP contribution is -2.25. The number of rotatable bonds is 4. The number of carboxylic acids is 1. The summed E-state index contributed by atoms with van der Waals surface area (Å²) in [6.45, 7) is 1.22. The third-order valence-corrected chi connectivity index (χ3v) is 5.32. The van der Waals surface area contributed by atoms with Gasteiger partial charge in [-0.15, -0.1) is 0 Å². The molecule has 5 nitrogen and oxygen atoms in total. The zero-order chi connectivity index (χ0) is 15.6. The summed E-state index contributed by atoms with van der Waals surface area (Å²) in [5, 5.41) is 11.2. The summed E-state index contributed by atoms with van der Waals surface area (Å²) < 4.78 is 12.7. The number of hydrogen-bond acceptors (Lipinski definition) is 5. The molecule has 1 amide bonds. The first-order valence-electron chi connectivity index (χ1n) is 5.76. The van der Waals surface area contributed by atoms with Gasteiger partial charge in [-0.3, -0.25) is 14.4 Å². The quantitative estimate of drug-likeness (QED) is 0.502. The van der Waals surface area contributed by atoms with Crippen LogP contribution in [0, 0.1) is 5.82 Å². The molecule has 1 fully saturated rings. The average Bonchev–Trinajstić information content (AvgIpc) is 2.31. The first-order valence-corrected chi connectivity index (χ1v) is 7.52. The topological polar surface area (TPSA) is 83.5 Å². The fraction of sp³-hybridized carbons (Fsp3) is 0.154. The number of nitrogens with one attached hydrogen (secondary N) is 1. The van der Waals surface area contributed by atoms with E-state index < -0.39 is 28.1 Å². The molecular weight excluding hydrogens is 317 g/mol. The van der Waals surface area contributed by atoms with Crippen molar-refractivity contribution >= 4 is 46.9 Å². The average molecular weight is 327 g/mol. The summed E-state index contributed by atoms with van der Waals surface area (Å²) in [6.07, 6.45) is 0. The smallest absolute Gasteiger partial charge is 0.327 e. The van der Waals surface area contributed by atoms with Gasteiger partial charge in [0.15, 0.2) is 10.4 Å². The second-order valence-electron chi connectivity index (χ2n) is 4.09. The van der Waals surface area contributed by atoms with E-state index in [0.717, 1.165) is 29.6 Å². The maximum Gasteiger partial charge on any atom is 0.327 e. The predicted octanol–water partition coefficient (Wildman–Crippen LogP) is 2.46. The molecular formula is C13H10FNO4S2. The summed E-state index contributed by atoms with van der Waals surface area (Å²) in [4.78, 5) is 34.4. The molecule has 0 radical (unpaired) electrons. The van der Waals surface area contributed by atoms with Crippen molar-refractivity contribution in [2.75, 3.05) is 5.32 Å². The third kappa shape index (κ3) is 3.64. The minimum atomic E-state index is -1.01. The molecule has 1 aromatic carbocycles. The number of Topliss-reactive ketones (excluding diaryl/α,β-unsaturated/α-hetero) is 1. The van der Waals surface area contributed by atoms with Crippen molar-refractivity contribution in [2.24, 2.45) is 0 Å². The molecule has 2 rings (SSSR count). The number of amides is 1. The lowest BCUT2D eigenvalue weighted by molar-refractivity contribution is -0.134. The number of thioether (sulfide) groups is 2. The fourth-order valence-corrected chi connectivity index (χ4v) is 3.76. The highest BCUT2D eigenvalue weighted by atomic mass is 32.3. The summed E-state index contributed by atoms with van der Waals surface area (Å²) in [5.41, 5.74) is 0.121. The van der Waals surface area contributed by atoms with E-state index in [2.05, 4.69) is 5.32 Å². The van der Waals surface area contributed by atoms with Crippen molar-refractivity contribution in [2.45, 2.75) is 11.5 Å². The molecule has 1 aliphatic rings. The normalized spacial score (nSPS) is 16.9. The molecule has 110 valence electrons. The zero-order valence-electron chi connectivity index (χ0n) is 10.8. The number of benzene rings is 1. The molecule has 1 heterocycles. The molecule has 2 N–H and O–H groups in total. The number of halogens is 1. The third-order valence-electron chi connectivity index (χ3n) is 2.50. The first-order chi connectivity index (χ1) is 9.88. The number of carbonyl (C=O) groups is 3. The Morgan fingerprint density at radius 1 is 1.29 bits per heavy atom. The van der Waals surface area contributed by atoms with Crippen LogP contribution >= 0.6 is 23.5 Å². The second-order valence-corrected chi connectivity index (χ2v) is 6.88. The largest absolute Gasteiger partial charge is 0.480 e. The van der Waals surface area contributed by atoms with Crippen LogP contribution in [0.15, 0.2) is 34.1 Å². The van der Waals surface area contributed by atoms with Crippen LogP contribution in [0.2, 0.25) is 0 Å². The lowest BCUT2D eigenvalue weighted by Gasteiger charge is -2.25. The van der Waals surface area contributed by atoms with Gasteiger partial charge in [-0.25, -0.2) is 4.39 Å². The van der Waals surface area contributed by atoms with Gasteiger partial charge in [0.1, 0.15) is 11.4 Å². The number of carboxylic acid groups (broad SMARTS) is 1. The Bertz CT molecular complexity index is 651. The standard InChI is InChI=1S/C13H10FNO4S2/c1-6(16)9(12-20-13(21-12)11(18)19)10(17)15-8-4-2-3-7(14)5-8/h2-5,13H,1H3,(H,15,17)(H,18,19). The van der Waals surface area contributed by atoms with Gasteiger partial charge in [-0.1, -0.05) is 29.6 Å². The Balaban J connectivity index is 2.17. The van der Waals surface area contributed by atoms with Crippen LogP contribution < -0.4 is 5.32 Å². The maximum absolute atomic E-state index is 13.0. The van der Waals surface area contributed by atoms with Gasteiger partial charge in [-0.2, -0.15) is 0 Å². The molecule has 1 aliphatic heterocycles. The SMILES string of the molecule is CC(=O)C(C(=O)Nc1cccc(F)c1)=C1SC(C(=O)O)S1. The van der Waals surface area contributed by atoms with Crippen LogP contribution in [0.4, 0.5) is 10.1 Å². The molecule has 0 aliphatic carbocycles. The Morgan fingerprint density at radius 3 is 2.48 bits per heavy atom. The van der Waals surface area contributed by atoms with Gasteiger partial charge in [-0.05, 0) is 25.1 Å². The van der Waals surface area contributed by atoms with Gasteiger partial charge in [0.05, 0.1) is 4.24 Å². The van der Waals surface area contributed by atoms with E-state index in [1.807, 2.05) is 0 Å². The number of aliphatic carboxylic acids is 1. The van der Waals surface area contributed by atoms with E-state index in [4.69, 9.17) is 5.11 Å². The van der Waals surface area contributed by atoms with E-state index in [0.29, 0.717) is 4.24 Å². The Kier molecular flexibility index (Phi) is 4.69. The van der Waals surface area contributed by atoms with Crippen molar-refractivity contribution < 1.29 is 23.9 Å². The van der Waals surface area contributed by atoms with E-state index in [9.17, 15) is 18.8 Å². The van der Waals surface area contributed by atoms with E-state index >= 15 is 0 Å². The van der Waals surface area contributed by atoms with Crippen molar-refractivity contribution in [3.05, 3.63) is 39.9 Å². The Hall–Kier alpha value is -1.80. The highest BCUT2D eigenvalue weighted by molar-refractivity contribution is 8.39. The molecule has 21 heavy (non-hydrogen) atoms. The van der Waals surface area contributed by atoms with Gasteiger partial charge in [0.25, 0.3) is 5.91 Å². The van der Waals surface area contributed by atoms with E-state index in [1.165, 1.54) is 25.1 Å². The van der Waals surface area contributed by atoms with Gasteiger partial charge in [0, 0.05) is 5.69 Å². The van der Waals surface area contributed by atoms with Gasteiger partial charge in [0.2, 0.25) is 0 Å². The van der Waals surface area contributed by atoms with Crippen molar-refractivity contribution in [3.8, 4) is 0 Å². The van der Waals surface area contributed by atoms with Crippen LogP contribution in [0.1, 0.15) is 6.92 Å². The van der Waals surface area contributed by atoms with Crippen LogP contribution in [0.5, 0.6) is 0 Å². The molecule has 0 spiro atoms. The Morgan fingerprint density at radius 2 is 1.95 bits per heavy atom. The van der Waals surface area contributed by atoms with Crippen LogP contribution in [-0.4, -0.2) is 27.3 Å². The van der Waals surface area contributed by atoms with Crippen LogP contribution in [0.3, 0.4) is 0 Å². The molecule has 0 saturated carbocycles.